The van der Waals surface area contributed by atoms with Crippen LogP contribution in [-0.4, -0.2) is 37.3 Å². The highest BCUT2D eigenvalue weighted by molar-refractivity contribution is 6.31. The Labute approximate surface area is 270 Å². The van der Waals surface area contributed by atoms with Gasteiger partial charge in [-0.25, -0.2) is 0 Å². The van der Waals surface area contributed by atoms with E-state index in [1.54, 1.807) is 0 Å². The zero-order valence-electron chi connectivity index (χ0n) is 25.5. The van der Waals surface area contributed by atoms with Crippen molar-refractivity contribution in [2.75, 3.05) is 13.2 Å². The lowest BCUT2D eigenvalue weighted by Crippen LogP contribution is -2.60. The average molecular weight is 627 g/mol. The van der Waals surface area contributed by atoms with Crippen molar-refractivity contribution in [2.24, 2.45) is 0 Å². The van der Waals surface area contributed by atoms with E-state index in [1.165, 1.54) is 0 Å². The number of fused-ring (bicyclic) bond motifs is 2. The topological polar surface area (TPSA) is 55.4 Å². The van der Waals surface area contributed by atoms with E-state index in [2.05, 4.69) is 42.5 Å². The Morgan fingerprint density at radius 3 is 2.16 bits per heavy atom. The Kier molecular flexibility index (Phi) is 8.96. The van der Waals surface area contributed by atoms with Crippen molar-refractivity contribution in [1.29, 1.82) is 0 Å². The van der Waals surface area contributed by atoms with Crippen molar-refractivity contribution in [3.63, 3.8) is 0 Å². The number of hydrogen-bond acceptors (Lipinski definition) is 6. The molecule has 4 atom stereocenters. The van der Waals surface area contributed by atoms with Crippen LogP contribution in [0.15, 0.2) is 103 Å². The van der Waals surface area contributed by atoms with Crippen LogP contribution in [0.2, 0.25) is 5.02 Å². The first-order valence-corrected chi connectivity index (χ1v) is 16.3. The van der Waals surface area contributed by atoms with Crippen LogP contribution < -0.4 is 4.74 Å². The summed E-state index contributed by atoms with van der Waals surface area (Å²) in [5, 5.41) is 0.694. The summed E-state index contributed by atoms with van der Waals surface area (Å²) in [6.07, 6.45) is 2.36. The first-order chi connectivity index (χ1) is 22.0. The summed E-state index contributed by atoms with van der Waals surface area (Å²) < 4.78 is 39.3. The van der Waals surface area contributed by atoms with Crippen molar-refractivity contribution in [3.05, 3.63) is 136 Å². The van der Waals surface area contributed by atoms with E-state index < -0.39 is 17.7 Å². The number of halogens is 1. The van der Waals surface area contributed by atoms with Crippen LogP contribution in [0, 0.1) is 0 Å². The van der Waals surface area contributed by atoms with Crippen LogP contribution in [0.4, 0.5) is 0 Å². The molecule has 2 bridgehead atoms. The molecule has 1 unspecified atom stereocenters. The molecule has 45 heavy (non-hydrogen) atoms. The highest BCUT2D eigenvalue weighted by Gasteiger charge is 2.66. The van der Waals surface area contributed by atoms with E-state index in [0.717, 1.165) is 46.4 Å². The Bertz CT molecular complexity index is 1560. The van der Waals surface area contributed by atoms with Gasteiger partial charge in [-0.05, 0) is 72.7 Å². The molecule has 7 rings (SSSR count). The van der Waals surface area contributed by atoms with Crippen molar-refractivity contribution >= 4 is 11.6 Å². The molecule has 2 heterocycles. The maximum atomic E-state index is 6.97. The lowest BCUT2D eigenvalue weighted by molar-refractivity contribution is -0.364. The number of hydrogen-bond donors (Lipinski definition) is 0. The van der Waals surface area contributed by atoms with E-state index in [4.69, 9.17) is 40.0 Å². The molecule has 0 spiro atoms. The van der Waals surface area contributed by atoms with Gasteiger partial charge in [-0.1, -0.05) is 90.5 Å². The van der Waals surface area contributed by atoms with Crippen molar-refractivity contribution in [1.82, 2.24) is 0 Å². The van der Waals surface area contributed by atoms with Crippen molar-refractivity contribution in [2.45, 2.75) is 75.7 Å². The molecule has 2 saturated heterocycles. The van der Waals surface area contributed by atoms with Crippen LogP contribution in [0.25, 0.3) is 0 Å². The molecule has 234 valence electrons. The molecule has 4 aromatic carbocycles. The fraction of sp³-hybridized carbons (Fsp3) is 0.368. The number of ether oxygens (including phenoxy) is 6. The molecule has 1 saturated carbocycles. The molecule has 3 aliphatic rings. The summed E-state index contributed by atoms with van der Waals surface area (Å²) in [5.41, 5.74) is 5.19. The van der Waals surface area contributed by atoms with Crippen LogP contribution in [0.3, 0.4) is 0 Å². The Balaban J connectivity index is 1.20. The van der Waals surface area contributed by atoms with Gasteiger partial charge in [0.1, 0.15) is 18.5 Å². The maximum absolute atomic E-state index is 6.97. The lowest BCUT2D eigenvalue weighted by atomic mass is 9.89. The first kappa shape index (κ1) is 30.4. The maximum Gasteiger partial charge on any atom is 0.224 e. The zero-order valence-corrected chi connectivity index (χ0v) is 26.3. The number of benzene rings is 4. The first-order valence-electron chi connectivity index (χ1n) is 15.9. The van der Waals surface area contributed by atoms with Gasteiger partial charge in [0.2, 0.25) is 11.6 Å². The summed E-state index contributed by atoms with van der Waals surface area (Å²) in [5.74, 6) is -1.32. The smallest absolute Gasteiger partial charge is 0.224 e. The number of rotatable bonds is 13. The molecule has 0 N–H and O–H groups in total. The van der Waals surface area contributed by atoms with Crippen LogP contribution in [0.5, 0.6) is 5.75 Å². The van der Waals surface area contributed by atoms with Crippen LogP contribution >= 0.6 is 11.6 Å². The predicted molar refractivity (Wildman–Crippen MR) is 172 cm³/mol. The third-order valence-corrected chi connectivity index (χ3v) is 9.04. The van der Waals surface area contributed by atoms with Crippen molar-refractivity contribution < 1.29 is 28.4 Å². The molecule has 0 aromatic heterocycles. The zero-order chi connectivity index (χ0) is 30.7. The minimum atomic E-state index is -1.11. The Morgan fingerprint density at radius 2 is 1.49 bits per heavy atom. The Hall–Kier alpha value is -3.23. The van der Waals surface area contributed by atoms with E-state index >= 15 is 0 Å². The second-order valence-electron chi connectivity index (χ2n) is 12.1. The van der Waals surface area contributed by atoms with E-state index in [1.807, 2.05) is 67.6 Å². The lowest BCUT2D eigenvalue weighted by Gasteiger charge is -2.46. The monoisotopic (exact) mass is 626 g/mol. The van der Waals surface area contributed by atoms with Gasteiger partial charge in [0, 0.05) is 17.0 Å². The van der Waals surface area contributed by atoms with Gasteiger partial charge in [-0.2, -0.15) is 0 Å². The molecule has 7 heteroatoms. The summed E-state index contributed by atoms with van der Waals surface area (Å²) in [6.45, 7) is 3.71. The molecular weight excluding hydrogens is 588 g/mol. The van der Waals surface area contributed by atoms with Gasteiger partial charge in [0.15, 0.2) is 0 Å². The predicted octanol–water partition coefficient (Wildman–Crippen LogP) is 7.98. The summed E-state index contributed by atoms with van der Waals surface area (Å²) in [6, 6.07) is 34.5. The van der Waals surface area contributed by atoms with E-state index in [-0.39, 0.29) is 18.8 Å². The highest BCUT2D eigenvalue weighted by Crippen LogP contribution is 2.53. The fourth-order valence-corrected chi connectivity index (χ4v) is 6.44. The molecule has 0 radical (unpaired) electrons. The molecule has 1 aliphatic carbocycles. The fourth-order valence-electron chi connectivity index (χ4n) is 6.26. The second-order valence-corrected chi connectivity index (χ2v) is 12.5. The summed E-state index contributed by atoms with van der Waals surface area (Å²) in [4.78, 5) is 0. The third-order valence-electron chi connectivity index (χ3n) is 8.67. The average Bonchev–Trinajstić information content (AvgIpc) is 3.83. The van der Waals surface area contributed by atoms with Gasteiger partial charge in [0.05, 0.1) is 32.0 Å². The quantitative estimate of drug-likeness (QED) is 0.150. The van der Waals surface area contributed by atoms with Gasteiger partial charge in [-0.15, -0.1) is 0 Å². The minimum absolute atomic E-state index is 0.112. The standard InChI is InChI=1S/C38H39ClO6/c1-2-40-32-16-13-27(14-17-32)21-30-22-31(15-20-34(30)39)37-23-35(41-24-28-9-5-3-6-10-28)36(42-25-29-11-7-4-8-12-29)38(45-37,26-43-37)44-33-18-19-33/h3-17,20,22,33,35-36H,2,18-19,21,23-26H2,1H3/t35?,36-,37+,38-/m0/s1. The molecule has 6 nitrogen and oxygen atoms in total. The molecule has 4 aromatic rings. The van der Waals surface area contributed by atoms with Gasteiger partial charge in [0.25, 0.3) is 0 Å². The third kappa shape index (κ3) is 6.82. The molecule has 0 amide bonds. The Morgan fingerprint density at radius 1 is 0.800 bits per heavy atom. The minimum Gasteiger partial charge on any atom is -0.494 e. The van der Waals surface area contributed by atoms with Gasteiger partial charge >= 0.3 is 0 Å². The van der Waals surface area contributed by atoms with Crippen molar-refractivity contribution in [3.8, 4) is 5.75 Å². The SMILES string of the molecule is CCOc1ccc(Cc2cc([C@]34CC(OCc5ccccc5)[C@H](OCc5ccccc5)[C@](OC5CC5)(CO3)O4)ccc2Cl)cc1. The summed E-state index contributed by atoms with van der Waals surface area (Å²) >= 11 is 6.76. The summed E-state index contributed by atoms with van der Waals surface area (Å²) in [7, 11) is 0. The molecule has 3 fully saturated rings. The largest absolute Gasteiger partial charge is 0.494 e. The van der Waals surface area contributed by atoms with Gasteiger partial charge < -0.3 is 28.4 Å². The second kappa shape index (κ2) is 13.2. The van der Waals surface area contributed by atoms with E-state index in [9.17, 15) is 0 Å². The van der Waals surface area contributed by atoms with E-state index in [0.29, 0.717) is 37.7 Å². The molecule has 2 aliphatic heterocycles. The highest BCUT2D eigenvalue weighted by atomic mass is 35.5. The normalized spacial score (nSPS) is 25.7. The van der Waals surface area contributed by atoms with Gasteiger partial charge in [-0.3, -0.25) is 0 Å². The van der Waals surface area contributed by atoms with Crippen LogP contribution in [0.1, 0.15) is 54.0 Å². The molecular formula is C38H39ClO6. The van der Waals surface area contributed by atoms with Crippen LogP contribution in [-0.2, 0) is 49.1 Å².